The maximum Gasteiger partial charge on any atom is 0.230 e. The standard InChI is InChI=1S/C20H26N4OS/c1-2-13-24-19(17-11-7-4-8-12-17)22-23-20(24)26-15-18(25)21-14-16-9-5-3-6-10-16/h2,4,7-8,11-12,16H,1,3,5-6,9-10,13-15H2,(H,21,25). The summed E-state index contributed by atoms with van der Waals surface area (Å²) >= 11 is 1.43. The van der Waals surface area contributed by atoms with Gasteiger partial charge in [0.2, 0.25) is 5.91 Å². The molecule has 0 unspecified atom stereocenters. The van der Waals surface area contributed by atoms with E-state index in [1.807, 2.05) is 41.0 Å². The largest absolute Gasteiger partial charge is 0.355 e. The summed E-state index contributed by atoms with van der Waals surface area (Å²) in [6.45, 7) is 5.24. The second kappa shape index (κ2) is 9.57. The van der Waals surface area contributed by atoms with Gasteiger partial charge in [0.1, 0.15) is 0 Å². The van der Waals surface area contributed by atoms with Crippen LogP contribution in [-0.2, 0) is 11.3 Å². The highest BCUT2D eigenvalue weighted by Gasteiger charge is 2.16. The number of hydrogen-bond acceptors (Lipinski definition) is 4. The van der Waals surface area contributed by atoms with Crippen LogP contribution < -0.4 is 5.32 Å². The SMILES string of the molecule is C=CCn1c(SCC(=O)NCC2CCCCC2)nnc1-c1ccccc1. The molecule has 1 aromatic heterocycles. The molecule has 0 radical (unpaired) electrons. The Morgan fingerprint density at radius 3 is 2.73 bits per heavy atom. The average Bonchev–Trinajstić information content (AvgIpc) is 3.09. The number of benzene rings is 1. The van der Waals surface area contributed by atoms with Gasteiger partial charge in [-0.15, -0.1) is 16.8 Å². The van der Waals surface area contributed by atoms with E-state index in [1.54, 1.807) is 0 Å². The molecule has 1 saturated carbocycles. The van der Waals surface area contributed by atoms with E-state index in [-0.39, 0.29) is 5.91 Å². The van der Waals surface area contributed by atoms with E-state index in [0.29, 0.717) is 18.2 Å². The van der Waals surface area contributed by atoms with Crippen LogP contribution in [0.4, 0.5) is 0 Å². The molecule has 26 heavy (non-hydrogen) atoms. The lowest BCUT2D eigenvalue weighted by atomic mass is 9.89. The molecule has 0 spiro atoms. The molecule has 6 heteroatoms. The summed E-state index contributed by atoms with van der Waals surface area (Å²) in [5.41, 5.74) is 1.01. The van der Waals surface area contributed by atoms with E-state index in [1.165, 1.54) is 43.9 Å². The van der Waals surface area contributed by atoms with Crippen LogP contribution in [0.2, 0.25) is 0 Å². The summed E-state index contributed by atoms with van der Waals surface area (Å²) in [7, 11) is 0. The monoisotopic (exact) mass is 370 g/mol. The van der Waals surface area contributed by atoms with Crippen molar-refractivity contribution in [3.05, 3.63) is 43.0 Å². The highest BCUT2D eigenvalue weighted by atomic mass is 32.2. The molecule has 138 valence electrons. The van der Waals surface area contributed by atoms with Gasteiger partial charge < -0.3 is 5.32 Å². The molecule has 3 rings (SSSR count). The van der Waals surface area contributed by atoms with Crippen molar-refractivity contribution in [2.45, 2.75) is 43.8 Å². The van der Waals surface area contributed by atoms with E-state index in [2.05, 4.69) is 22.1 Å². The lowest BCUT2D eigenvalue weighted by Crippen LogP contribution is -2.31. The molecule has 0 saturated heterocycles. The predicted molar refractivity (Wildman–Crippen MR) is 106 cm³/mol. The van der Waals surface area contributed by atoms with Crippen molar-refractivity contribution in [1.29, 1.82) is 0 Å². The van der Waals surface area contributed by atoms with Gasteiger partial charge in [-0.1, -0.05) is 67.4 Å². The van der Waals surface area contributed by atoms with Gasteiger partial charge in [-0.3, -0.25) is 9.36 Å². The number of carbonyl (C=O) groups excluding carboxylic acids is 1. The molecule has 1 aliphatic rings. The third-order valence-corrected chi connectivity index (χ3v) is 5.67. The number of nitrogens with one attached hydrogen (secondary N) is 1. The number of thioether (sulfide) groups is 1. The van der Waals surface area contributed by atoms with Gasteiger partial charge in [0.05, 0.1) is 5.75 Å². The molecule has 1 amide bonds. The molecule has 1 fully saturated rings. The molecule has 5 nitrogen and oxygen atoms in total. The first-order chi connectivity index (χ1) is 12.8. The Hall–Kier alpha value is -2.08. The molecule has 2 aromatic rings. The number of allylic oxidation sites excluding steroid dienone is 1. The Kier molecular flexibility index (Phi) is 6.89. The van der Waals surface area contributed by atoms with Gasteiger partial charge in [-0.25, -0.2) is 0 Å². The van der Waals surface area contributed by atoms with E-state index in [9.17, 15) is 4.79 Å². The minimum Gasteiger partial charge on any atom is -0.355 e. The van der Waals surface area contributed by atoms with Crippen LogP contribution in [0.15, 0.2) is 48.1 Å². The first-order valence-electron chi connectivity index (χ1n) is 9.27. The molecule has 1 heterocycles. The zero-order valence-corrected chi connectivity index (χ0v) is 15.9. The van der Waals surface area contributed by atoms with Crippen molar-refractivity contribution in [2.75, 3.05) is 12.3 Å². The Labute approximate surface area is 159 Å². The zero-order valence-electron chi connectivity index (χ0n) is 15.1. The van der Waals surface area contributed by atoms with Crippen LogP contribution in [0.5, 0.6) is 0 Å². The second-order valence-corrected chi connectivity index (χ2v) is 7.61. The second-order valence-electron chi connectivity index (χ2n) is 6.67. The van der Waals surface area contributed by atoms with Gasteiger partial charge in [0, 0.05) is 18.7 Å². The highest BCUT2D eigenvalue weighted by molar-refractivity contribution is 7.99. The number of aromatic nitrogens is 3. The van der Waals surface area contributed by atoms with Gasteiger partial charge in [0.25, 0.3) is 0 Å². The lowest BCUT2D eigenvalue weighted by molar-refractivity contribution is -0.118. The molecular weight excluding hydrogens is 344 g/mol. The van der Waals surface area contributed by atoms with Gasteiger partial charge in [-0.2, -0.15) is 0 Å². The van der Waals surface area contributed by atoms with E-state index in [4.69, 9.17) is 0 Å². The van der Waals surface area contributed by atoms with E-state index >= 15 is 0 Å². The van der Waals surface area contributed by atoms with Crippen molar-refractivity contribution in [3.8, 4) is 11.4 Å². The van der Waals surface area contributed by atoms with Gasteiger partial charge in [-0.05, 0) is 18.8 Å². The predicted octanol–water partition coefficient (Wildman–Crippen LogP) is 3.92. The van der Waals surface area contributed by atoms with Crippen molar-refractivity contribution in [2.24, 2.45) is 5.92 Å². The van der Waals surface area contributed by atoms with Crippen LogP contribution in [0, 0.1) is 5.92 Å². The minimum atomic E-state index is 0.0648. The number of rotatable bonds is 8. The van der Waals surface area contributed by atoms with Crippen molar-refractivity contribution in [3.63, 3.8) is 0 Å². The fourth-order valence-electron chi connectivity index (χ4n) is 3.32. The molecule has 0 bridgehead atoms. The Balaban J connectivity index is 1.58. The highest BCUT2D eigenvalue weighted by Crippen LogP contribution is 2.24. The Bertz CT molecular complexity index is 723. The Morgan fingerprint density at radius 2 is 2.00 bits per heavy atom. The number of amides is 1. The van der Waals surface area contributed by atoms with Crippen LogP contribution in [-0.4, -0.2) is 33.0 Å². The fourth-order valence-corrected chi connectivity index (χ4v) is 4.10. The summed E-state index contributed by atoms with van der Waals surface area (Å²) in [5.74, 6) is 1.87. The summed E-state index contributed by atoms with van der Waals surface area (Å²) in [6.07, 6.45) is 8.22. The van der Waals surface area contributed by atoms with E-state index < -0.39 is 0 Å². The van der Waals surface area contributed by atoms with Gasteiger partial charge in [0.15, 0.2) is 11.0 Å². The van der Waals surface area contributed by atoms with Crippen molar-refractivity contribution in [1.82, 2.24) is 20.1 Å². The molecule has 1 aromatic carbocycles. The normalized spacial score (nSPS) is 14.9. The quantitative estimate of drug-likeness (QED) is 0.565. The lowest BCUT2D eigenvalue weighted by Gasteiger charge is -2.21. The molecule has 0 aliphatic heterocycles. The smallest absolute Gasteiger partial charge is 0.230 e. The molecule has 1 aliphatic carbocycles. The van der Waals surface area contributed by atoms with Crippen LogP contribution in [0.3, 0.4) is 0 Å². The summed E-state index contributed by atoms with van der Waals surface area (Å²) in [4.78, 5) is 12.2. The summed E-state index contributed by atoms with van der Waals surface area (Å²) in [5, 5.41) is 12.4. The van der Waals surface area contributed by atoms with Crippen LogP contribution in [0.25, 0.3) is 11.4 Å². The fraction of sp³-hybridized carbons (Fsp3) is 0.450. The molecule has 1 N–H and O–H groups in total. The topological polar surface area (TPSA) is 59.8 Å². The third-order valence-electron chi connectivity index (χ3n) is 4.71. The van der Waals surface area contributed by atoms with Gasteiger partial charge >= 0.3 is 0 Å². The first-order valence-corrected chi connectivity index (χ1v) is 10.3. The first kappa shape index (κ1) is 18.7. The summed E-state index contributed by atoms with van der Waals surface area (Å²) < 4.78 is 2.00. The van der Waals surface area contributed by atoms with Crippen LogP contribution in [0.1, 0.15) is 32.1 Å². The van der Waals surface area contributed by atoms with Crippen LogP contribution >= 0.6 is 11.8 Å². The maximum absolute atomic E-state index is 12.2. The number of hydrogen-bond donors (Lipinski definition) is 1. The maximum atomic E-state index is 12.2. The number of carbonyl (C=O) groups is 1. The van der Waals surface area contributed by atoms with E-state index in [0.717, 1.165) is 23.1 Å². The molecule has 0 atom stereocenters. The zero-order chi connectivity index (χ0) is 18.2. The average molecular weight is 371 g/mol. The van der Waals surface area contributed by atoms with Crippen molar-refractivity contribution < 1.29 is 4.79 Å². The summed E-state index contributed by atoms with van der Waals surface area (Å²) in [6, 6.07) is 9.95. The number of nitrogens with zero attached hydrogens (tertiary/aromatic N) is 3. The van der Waals surface area contributed by atoms with Crippen molar-refractivity contribution >= 4 is 17.7 Å². The molecular formula is C20H26N4OS. The third kappa shape index (κ3) is 4.97. The Morgan fingerprint density at radius 1 is 1.23 bits per heavy atom. The minimum absolute atomic E-state index is 0.0648.